The van der Waals surface area contributed by atoms with E-state index in [9.17, 15) is 4.79 Å². The van der Waals surface area contributed by atoms with Crippen LogP contribution >= 0.6 is 0 Å². The lowest BCUT2D eigenvalue weighted by atomic mass is 9.99. The Morgan fingerprint density at radius 2 is 1.81 bits per heavy atom. The zero-order chi connectivity index (χ0) is 11.4. The number of unbranched alkanes of at least 4 members (excludes halogenated alkanes) is 1. The fourth-order valence-corrected chi connectivity index (χ4v) is 1.94. The number of hydrogen-bond donors (Lipinski definition) is 0. The summed E-state index contributed by atoms with van der Waals surface area (Å²) in [6.07, 6.45) is 2.70. The maximum Gasteiger partial charge on any atom is 0.163 e. The first-order valence-corrected chi connectivity index (χ1v) is 5.84. The number of ketones is 1. The molecule has 82 valence electrons. The SMILES string of the molecule is CCCCC(=O)c1cccc2ccccc12. The van der Waals surface area contributed by atoms with Gasteiger partial charge in [-0.25, -0.2) is 0 Å². The monoisotopic (exact) mass is 212 g/mol. The molecule has 0 amide bonds. The first kappa shape index (κ1) is 10.9. The molecular weight excluding hydrogens is 196 g/mol. The summed E-state index contributed by atoms with van der Waals surface area (Å²) < 4.78 is 0. The molecule has 0 N–H and O–H groups in total. The fraction of sp³-hybridized carbons (Fsp3) is 0.267. The largest absolute Gasteiger partial charge is 0.294 e. The highest BCUT2D eigenvalue weighted by molar-refractivity contribution is 6.08. The Balaban J connectivity index is 2.40. The number of rotatable bonds is 4. The van der Waals surface area contributed by atoms with Crippen molar-refractivity contribution in [2.75, 3.05) is 0 Å². The fourth-order valence-electron chi connectivity index (χ4n) is 1.94. The van der Waals surface area contributed by atoms with E-state index >= 15 is 0 Å². The van der Waals surface area contributed by atoms with Crippen LogP contribution in [0.4, 0.5) is 0 Å². The summed E-state index contributed by atoms with van der Waals surface area (Å²) in [5, 5.41) is 2.22. The molecule has 0 heterocycles. The molecule has 1 nitrogen and oxygen atoms in total. The highest BCUT2D eigenvalue weighted by atomic mass is 16.1. The van der Waals surface area contributed by atoms with Crippen LogP contribution < -0.4 is 0 Å². The molecule has 0 aromatic heterocycles. The van der Waals surface area contributed by atoms with E-state index in [4.69, 9.17) is 0 Å². The van der Waals surface area contributed by atoms with Gasteiger partial charge in [0.25, 0.3) is 0 Å². The Bertz CT molecular complexity index is 494. The van der Waals surface area contributed by atoms with Crippen LogP contribution in [0.3, 0.4) is 0 Å². The van der Waals surface area contributed by atoms with Crippen molar-refractivity contribution in [2.24, 2.45) is 0 Å². The molecule has 0 aliphatic carbocycles. The summed E-state index contributed by atoms with van der Waals surface area (Å²) >= 11 is 0. The van der Waals surface area contributed by atoms with E-state index in [0.29, 0.717) is 6.42 Å². The number of fused-ring (bicyclic) bond motifs is 1. The molecule has 2 aromatic rings. The molecule has 0 fully saturated rings. The van der Waals surface area contributed by atoms with E-state index in [1.807, 2.05) is 42.5 Å². The Morgan fingerprint density at radius 1 is 1.06 bits per heavy atom. The molecular formula is C15H16O. The molecule has 16 heavy (non-hydrogen) atoms. The van der Waals surface area contributed by atoms with Gasteiger partial charge in [0, 0.05) is 12.0 Å². The summed E-state index contributed by atoms with van der Waals surface area (Å²) in [6, 6.07) is 14.0. The second kappa shape index (κ2) is 4.93. The van der Waals surface area contributed by atoms with Gasteiger partial charge in [-0.15, -0.1) is 0 Å². The minimum atomic E-state index is 0.263. The average Bonchev–Trinajstić information content (AvgIpc) is 2.35. The summed E-state index contributed by atoms with van der Waals surface area (Å²) in [5.74, 6) is 0.263. The quantitative estimate of drug-likeness (QED) is 0.694. The molecule has 0 aliphatic rings. The maximum absolute atomic E-state index is 12.0. The van der Waals surface area contributed by atoms with Gasteiger partial charge in [-0.1, -0.05) is 55.8 Å². The highest BCUT2D eigenvalue weighted by Crippen LogP contribution is 2.20. The summed E-state index contributed by atoms with van der Waals surface area (Å²) in [6.45, 7) is 2.11. The van der Waals surface area contributed by atoms with Crippen molar-refractivity contribution in [3.8, 4) is 0 Å². The van der Waals surface area contributed by atoms with Crippen LogP contribution in [0.25, 0.3) is 10.8 Å². The van der Waals surface area contributed by atoms with Crippen LogP contribution in [-0.4, -0.2) is 5.78 Å². The van der Waals surface area contributed by atoms with Gasteiger partial charge in [0.15, 0.2) is 5.78 Å². The van der Waals surface area contributed by atoms with Gasteiger partial charge >= 0.3 is 0 Å². The molecule has 0 bridgehead atoms. The van der Waals surface area contributed by atoms with Crippen LogP contribution in [0.5, 0.6) is 0 Å². The molecule has 0 unspecified atom stereocenters. The predicted octanol–water partition coefficient (Wildman–Crippen LogP) is 4.21. The molecule has 1 heteroatoms. The van der Waals surface area contributed by atoms with Crippen molar-refractivity contribution in [3.05, 3.63) is 48.0 Å². The lowest BCUT2D eigenvalue weighted by Crippen LogP contribution is -1.99. The molecule has 2 rings (SSSR count). The van der Waals surface area contributed by atoms with Gasteiger partial charge in [0.2, 0.25) is 0 Å². The maximum atomic E-state index is 12.0. The first-order chi connectivity index (χ1) is 7.83. The average molecular weight is 212 g/mol. The lowest BCUT2D eigenvalue weighted by Gasteiger charge is -2.04. The van der Waals surface area contributed by atoms with E-state index in [0.717, 1.165) is 29.2 Å². The van der Waals surface area contributed by atoms with E-state index < -0.39 is 0 Å². The second-order valence-corrected chi connectivity index (χ2v) is 4.05. The lowest BCUT2D eigenvalue weighted by molar-refractivity contribution is 0.0981. The number of carbonyl (C=O) groups is 1. The normalized spacial score (nSPS) is 10.6. The predicted molar refractivity (Wildman–Crippen MR) is 67.8 cm³/mol. The second-order valence-electron chi connectivity index (χ2n) is 4.05. The van der Waals surface area contributed by atoms with Crippen molar-refractivity contribution in [1.82, 2.24) is 0 Å². The van der Waals surface area contributed by atoms with E-state index in [-0.39, 0.29) is 5.78 Å². The molecule has 0 atom stereocenters. The molecule has 0 spiro atoms. The van der Waals surface area contributed by atoms with Crippen molar-refractivity contribution in [3.63, 3.8) is 0 Å². The molecule has 2 aromatic carbocycles. The zero-order valence-electron chi connectivity index (χ0n) is 9.57. The Morgan fingerprint density at radius 3 is 2.62 bits per heavy atom. The topological polar surface area (TPSA) is 17.1 Å². The van der Waals surface area contributed by atoms with Crippen LogP contribution in [0.2, 0.25) is 0 Å². The Kier molecular flexibility index (Phi) is 3.35. The third-order valence-electron chi connectivity index (χ3n) is 2.85. The van der Waals surface area contributed by atoms with Crippen molar-refractivity contribution < 1.29 is 4.79 Å². The standard InChI is InChI=1S/C15H16O/c1-2-3-11-15(16)14-10-6-8-12-7-4-5-9-13(12)14/h4-10H,2-3,11H2,1H3. The van der Waals surface area contributed by atoms with E-state index in [2.05, 4.69) is 6.92 Å². The number of benzene rings is 2. The van der Waals surface area contributed by atoms with Crippen LogP contribution in [-0.2, 0) is 0 Å². The van der Waals surface area contributed by atoms with Crippen LogP contribution in [0.15, 0.2) is 42.5 Å². The van der Waals surface area contributed by atoms with Crippen molar-refractivity contribution in [2.45, 2.75) is 26.2 Å². The van der Waals surface area contributed by atoms with Gasteiger partial charge in [0.1, 0.15) is 0 Å². The molecule has 0 aliphatic heterocycles. The van der Waals surface area contributed by atoms with Crippen molar-refractivity contribution in [1.29, 1.82) is 0 Å². The van der Waals surface area contributed by atoms with Crippen LogP contribution in [0, 0.1) is 0 Å². The number of hydrogen-bond acceptors (Lipinski definition) is 1. The van der Waals surface area contributed by atoms with Gasteiger partial charge in [-0.3, -0.25) is 4.79 Å². The number of carbonyl (C=O) groups excluding carboxylic acids is 1. The van der Waals surface area contributed by atoms with Crippen molar-refractivity contribution >= 4 is 16.6 Å². The third kappa shape index (κ3) is 2.13. The van der Waals surface area contributed by atoms with E-state index in [1.54, 1.807) is 0 Å². The van der Waals surface area contributed by atoms with E-state index in [1.165, 1.54) is 0 Å². The molecule has 0 radical (unpaired) electrons. The number of Topliss-reactive ketones (excluding diaryl/α,β-unsaturated/α-hetero) is 1. The van der Waals surface area contributed by atoms with Gasteiger partial charge in [-0.2, -0.15) is 0 Å². The smallest absolute Gasteiger partial charge is 0.163 e. The zero-order valence-corrected chi connectivity index (χ0v) is 9.57. The summed E-state index contributed by atoms with van der Waals surface area (Å²) in [5.41, 5.74) is 0.867. The van der Waals surface area contributed by atoms with Crippen LogP contribution in [0.1, 0.15) is 36.5 Å². The third-order valence-corrected chi connectivity index (χ3v) is 2.85. The first-order valence-electron chi connectivity index (χ1n) is 5.84. The molecule has 0 saturated carbocycles. The summed E-state index contributed by atoms with van der Waals surface area (Å²) in [7, 11) is 0. The van der Waals surface area contributed by atoms with Gasteiger partial charge in [-0.05, 0) is 17.2 Å². The summed E-state index contributed by atoms with van der Waals surface area (Å²) in [4.78, 5) is 12.0. The minimum Gasteiger partial charge on any atom is -0.294 e. The highest BCUT2D eigenvalue weighted by Gasteiger charge is 2.08. The van der Waals surface area contributed by atoms with Gasteiger partial charge < -0.3 is 0 Å². The molecule has 0 saturated heterocycles. The Labute approximate surface area is 96.1 Å². The Hall–Kier alpha value is -1.63. The van der Waals surface area contributed by atoms with Gasteiger partial charge in [0.05, 0.1) is 0 Å². The minimum absolute atomic E-state index is 0.263.